The van der Waals surface area contributed by atoms with Crippen molar-refractivity contribution in [1.29, 1.82) is 0 Å². The summed E-state index contributed by atoms with van der Waals surface area (Å²) in [6.45, 7) is 8.39. The molecule has 0 aromatic carbocycles. The molecule has 0 aromatic rings. The molecule has 14 heavy (non-hydrogen) atoms. The van der Waals surface area contributed by atoms with Crippen molar-refractivity contribution in [2.45, 2.75) is 77.8 Å². The van der Waals surface area contributed by atoms with Gasteiger partial charge >= 0.3 is 0 Å². The first-order valence-electron chi connectivity index (χ1n) is 5.90. The van der Waals surface area contributed by atoms with Crippen molar-refractivity contribution < 1.29 is 9.47 Å². The summed E-state index contributed by atoms with van der Waals surface area (Å²) in [7, 11) is 0. The van der Waals surface area contributed by atoms with Crippen molar-refractivity contribution in [3.05, 3.63) is 0 Å². The second-order valence-corrected chi connectivity index (χ2v) is 4.73. The molecular weight excluding hydrogens is 176 g/mol. The van der Waals surface area contributed by atoms with Crippen LogP contribution in [0.1, 0.15) is 53.4 Å². The molecule has 1 saturated carbocycles. The molecule has 0 saturated heterocycles. The van der Waals surface area contributed by atoms with Gasteiger partial charge in [-0.2, -0.15) is 0 Å². The molecule has 0 heterocycles. The fraction of sp³-hybridized carbons (Fsp3) is 1.00. The van der Waals surface area contributed by atoms with E-state index in [0.29, 0.717) is 24.4 Å². The third kappa shape index (κ3) is 3.97. The fourth-order valence-corrected chi connectivity index (χ4v) is 2.07. The third-order valence-electron chi connectivity index (χ3n) is 2.54. The van der Waals surface area contributed by atoms with Gasteiger partial charge in [-0.1, -0.05) is 12.8 Å². The average Bonchev–Trinajstić information content (AvgIpc) is 2.06. The molecule has 0 aromatic heterocycles. The molecule has 0 spiro atoms. The molecule has 0 bridgehead atoms. The normalized spacial score (nSPS) is 28.7. The van der Waals surface area contributed by atoms with E-state index >= 15 is 0 Å². The van der Waals surface area contributed by atoms with Gasteiger partial charge in [0.2, 0.25) is 0 Å². The lowest BCUT2D eigenvalue weighted by atomic mass is 9.94. The molecule has 2 heteroatoms. The van der Waals surface area contributed by atoms with Crippen molar-refractivity contribution in [1.82, 2.24) is 0 Å². The van der Waals surface area contributed by atoms with Crippen LogP contribution in [0, 0.1) is 0 Å². The summed E-state index contributed by atoms with van der Waals surface area (Å²) in [5, 5.41) is 0. The summed E-state index contributed by atoms with van der Waals surface area (Å²) in [5.41, 5.74) is 0. The van der Waals surface area contributed by atoms with Gasteiger partial charge in [0.1, 0.15) is 0 Å². The highest BCUT2D eigenvalue weighted by Gasteiger charge is 2.27. The van der Waals surface area contributed by atoms with E-state index in [2.05, 4.69) is 27.7 Å². The van der Waals surface area contributed by atoms with Crippen LogP contribution in [0.25, 0.3) is 0 Å². The van der Waals surface area contributed by atoms with Crippen molar-refractivity contribution in [3.8, 4) is 0 Å². The molecule has 0 aliphatic heterocycles. The lowest BCUT2D eigenvalue weighted by Crippen LogP contribution is -2.37. The molecule has 0 N–H and O–H groups in total. The van der Waals surface area contributed by atoms with Gasteiger partial charge < -0.3 is 9.47 Å². The molecule has 2 atom stereocenters. The first-order chi connectivity index (χ1) is 6.59. The fourth-order valence-electron chi connectivity index (χ4n) is 2.07. The molecular formula is C12H24O2. The van der Waals surface area contributed by atoms with Gasteiger partial charge in [-0.05, 0) is 40.5 Å². The van der Waals surface area contributed by atoms with Gasteiger partial charge in [0.05, 0.1) is 24.4 Å². The summed E-state index contributed by atoms with van der Waals surface area (Å²) in [4.78, 5) is 0. The summed E-state index contributed by atoms with van der Waals surface area (Å²) in [6.07, 6.45) is 6.18. The third-order valence-corrected chi connectivity index (χ3v) is 2.54. The zero-order valence-electron chi connectivity index (χ0n) is 9.95. The number of hydrogen-bond donors (Lipinski definition) is 0. The smallest absolute Gasteiger partial charge is 0.0840 e. The standard InChI is InChI=1S/C12H24O2/c1-9(2)13-11-7-5-6-8-12(11)14-10(3)4/h9-12H,5-8H2,1-4H3/t11-,12-/m0/s1. The van der Waals surface area contributed by atoms with Crippen LogP contribution in [0.4, 0.5) is 0 Å². The maximum atomic E-state index is 5.88. The van der Waals surface area contributed by atoms with Crippen LogP contribution in [0.5, 0.6) is 0 Å². The largest absolute Gasteiger partial charge is 0.373 e. The van der Waals surface area contributed by atoms with Gasteiger partial charge in [-0.25, -0.2) is 0 Å². The minimum Gasteiger partial charge on any atom is -0.373 e. The van der Waals surface area contributed by atoms with E-state index in [1.165, 1.54) is 12.8 Å². The Morgan fingerprint density at radius 1 is 0.786 bits per heavy atom. The Labute approximate surface area is 88.0 Å². The van der Waals surface area contributed by atoms with Crippen LogP contribution >= 0.6 is 0 Å². The quantitative estimate of drug-likeness (QED) is 0.694. The molecule has 1 aliphatic carbocycles. The Morgan fingerprint density at radius 2 is 1.14 bits per heavy atom. The number of ether oxygens (including phenoxy) is 2. The van der Waals surface area contributed by atoms with Crippen molar-refractivity contribution in [2.75, 3.05) is 0 Å². The number of hydrogen-bond acceptors (Lipinski definition) is 2. The van der Waals surface area contributed by atoms with E-state index in [9.17, 15) is 0 Å². The number of rotatable bonds is 4. The predicted molar refractivity (Wildman–Crippen MR) is 58.5 cm³/mol. The van der Waals surface area contributed by atoms with E-state index in [4.69, 9.17) is 9.47 Å². The van der Waals surface area contributed by atoms with E-state index in [1.54, 1.807) is 0 Å². The Bertz CT molecular complexity index is 136. The molecule has 1 rings (SSSR count). The minimum atomic E-state index is 0.316. The maximum absolute atomic E-state index is 5.88. The minimum absolute atomic E-state index is 0.316. The molecule has 1 fully saturated rings. The van der Waals surface area contributed by atoms with Gasteiger partial charge in [-0.15, -0.1) is 0 Å². The van der Waals surface area contributed by atoms with Crippen LogP contribution in [0.15, 0.2) is 0 Å². The highest BCUT2D eigenvalue weighted by molar-refractivity contribution is 4.77. The topological polar surface area (TPSA) is 18.5 Å². The monoisotopic (exact) mass is 200 g/mol. The second kappa shape index (κ2) is 5.72. The molecule has 2 nitrogen and oxygen atoms in total. The predicted octanol–water partition coefficient (Wildman–Crippen LogP) is 3.15. The Balaban J connectivity index is 2.41. The van der Waals surface area contributed by atoms with Crippen LogP contribution in [-0.2, 0) is 9.47 Å². The molecule has 1 aliphatic rings. The first kappa shape index (κ1) is 12.0. The van der Waals surface area contributed by atoms with E-state index in [1.807, 2.05) is 0 Å². The van der Waals surface area contributed by atoms with Crippen molar-refractivity contribution in [3.63, 3.8) is 0 Å². The first-order valence-corrected chi connectivity index (χ1v) is 5.90. The summed E-state index contributed by atoms with van der Waals surface area (Å²) < 4.78 is 11.8. The van der Waals surface area contributed by atoms with Crippen LogP contribution in [0.2, 0.25) is 0 Å². The zero-order valence-corrected chi connectivity index (χ0v) is 9.95. The van der Waals surface area contributed by atoms with Gasteiger partial charge in [0.25, 0.3) is 0 Å². The SMILES string of the molecule is CC(C)O[C@H]1CCCC[C@@H]1OC(C)C. The molecule has 0 unspecified atom stereocenters. The van der Waals surface area contributed by atoms with Gasteiger partial charge in [0, 0.05) is 0 Å². The Morgan fingerprint density at radius 3 is 1.43 bits per heavy atom. The zero-order chi connectivity index (χ0) is 10.6. The van der Waals surface area contributed by atoms with Crippen LogP contribution in [-0.4, -0.2) is 24.4 Å². The summed E-state index contributed by atoms with van der Waals surface area (Å²) in [6, 6.07) is 0. The second-order valence-electron chi connectivity index (χ2n) is 4.73. The Kier molecular flexibility index (Phi) is 4.90. The van der Waals surface area contributed by atoms with E-state index in [-0.39, 0.29) is 0 Å². The lowest BCUT2D eigenvalue weighted by molar-refractivity contribution is -0.125. The summed E-state index contributed by atoms with van der Waals surface area (Å²) >= 11 is 0. The highest BCUT2D eigenvalue weighted by atomic mass is 16.5. The van der Waals surface area contributed by atoms with E-state index < -0.39 is 0 Å². The summed E-state index contributed by atoms with van der Waals surface area (Å²) in [5.74, 6) is 0. The Hall–Kier alpha value is -0.0800. The highest BCUT2D eigenvalue weighted by Crippen LogP contribution is 2.25. The van der Waals surface area contributed by atoms with Crippen LogP contribution < -0.4 is 0 Å². The van der Waals surface area contributed by atoms with Crippen molar-refractivity contribution in [2.24, 2.45) is 0 Å². The van der Waals surface area contributed by atoms with Gasteiger partial charge in [0.15, 0.2) is 0 Å². The van der Waals surface area contributed by atoms with Gasteiger partial charge in [-0.3, -0.25) is 0 Å². The maximum Gasteiger partial charge on any atom is 0.0840 e. The van der Waals surface area contributed by atoms with E-state index in [0.717, 1.165) is 12.8 Å². The molecule has 0 amide bonds. The van der Waals surface area contributed by atoms with Crippen molar-refractivity contribution >= 4 is 0 Å². The average molecular weight is 200 g/mol. The lowest BCUT2D eigenvalue weighted by Gasteiger charge is -2.33. The molecule has 84 valence electrons. The molecule has 0 radical (unpaired) electrons. The van der Waals surface area contributed by atoms with Crippen LogP contribution in [0.3, 0.4) is 0 Å².